The Kier molecular flexibility index (Phi) is 7.83. The fraction of sp³-hybridized carbons (Fsp3) is 0.250. The maximum absolute atomic E-state index is 5.93. The number of aryl methyl sites for hydroxylation is 1. The molecule has 1 aromatic heterocycles. The quantitative estimate of drug-likeness (QED) is 0.450. The molecule has 0 aliphatic heterocycles. The SMILES string of the molecule is COCc1ccccc1NC(N)=NCc1cncc(C)c1.I. The molecule has 0 bridgehead atoms. The molecule has 0 atom stereocenters. The van der Waals surface area contributed by atoms with Crippen molar-refractivity contribution in [2.45, 2.75) is 20.1 Å². The molecule has 0 unspecified atom stereocenters. The second kappa shape index (κ2) is 9.37. The molecule has 0 aliphatic carbocycles. The average molecular weight is 412 g/mol. The van der Waals surface area contributed by atoms with Gasteiger partial charge in [-0.1, -0.05) is 24.3 Å². The Labute approximate surface area is 148 Å². The highest BCUT2D eigenvalue weighted by molar-refractivity contribution is 14.0. The molecule has 0 aliphatic rings. The topological polar surface area (TPSA) is 72.5 Å². The number of ether oxygens (including phenoxy) is 1. The molecule has 118 valence electrons. The van der Waals surface area contributed by atoms with Crippen LogP contribution in [0.2, 0.25) is 0 Å². The van der Waals surface area contributed by atoms with E-state index in [0.717, 1.165) is 22.4 Å². The second-order valence-electron chi connectivity index (χ2n) is 4.79. The molecule has 2 aromatic rings. The van der Waals surface area contributed by atoms with E-state index in [1.54, 1.807) is 13.3 Å². The summed E-state index contributed by atoms with van der Waals surface area (Å²) in [5.74, 6) is 0.375. The first kappa shape index (κ1) is 18.4. The highest BCUT2D eigenvalue weighted by Crippen LogP contribution is 2.15. The molecular formula is C16H21IN4O. The zero-order valence-electron chi connectivity index (χ0n) is 12.7. The van der Waals surface area contributed by atoms with Gasteiger partial charge in [0, 0.05) is 30.8 Å². The van der Waals surface area contributed by atoms with Crippen molar-refractivity contribution in [1.82, 2.24) is 4.98 Å². The number of halogens is 1. The minimum atomic E-state index is 0. The number of hydrogen-bond donors (Lipinski definition) is 2. The third-order valence-corrected chi connectivity index (χ3v) is 2.94. The summed E-state index contributed by atoms with van der Waals surface area (Å²) in [5, 5.41) is 3.11. The lowest BCUT2D eigenvalue weighted by molar-refractivity contribution is 0.185. The van der Waals surface area contributed by atoms with E-state index < -0.39 is 0 Å². The van der Waals surface area contributed by atoms with Crippen LogP contribution in [0, 0.1) is 6.92 Å². The van der Waals surface area contributed by atoms with Crippen molar-refractivity contribution in [1.29, 1.82) is 0 Å². The third-order valence-electron chi connectivity index (χ3n) is 2.94. The molecular weight excluding hydrogens is 391 g/mol. The van der Waals surface area contributed by atoms with Gasteiger partial charge in [0.2, 0.25) is 0 Å². The van der Waals surface area contributed by atoms with Gasteiger partial charge in [-0.3, -0.25) is 4.98 Å². The van der Waals surface area contributed by atoms with Gasteiger partial charge in [0.15, 0.2) is 5.96 Å². The van der Waals surface area contributed by atoms with Gasteiger partial charge in [-0.2, -0.15) is 0 Å². The number of nitrogens with zero attached hydrogens (tertiary/aromatic N) is 2. The van der Waals surface area contributed by atoms with Crippen molar-refractivity contribution in [3.05, 3.63) is 59.4 Å². The fourth-order valence-corrected chi connectivity index (χ4v) is 1.98. The molecule has 0 spiro atoms. The van der Waals surface area contributed by atoms with Crippen LogP contribution in [0.1, 0.15) is 16.7 Å². The number of anilines is 1. The van der Waals surface area contributed by atoms with E-state index in [1.807, 2.05) is 43.5 Å². The number of rotatable bonds is 5. The summed E-state index contributed by atoms with van der Waals surface area (Å²) in [5.41, 5.74) is 10.0. The van der Waals surface area contributed by atoms with Gasteiger partial charge in [0.1, 0.15) is 0 Å². The summed E-state index contributed by atoms with van der Waals surface area (Å²) in [6, 6.07) is 9.89. The van der Waals surface area contributed by atoms with Crippen molar-refractivity contribution < 1.29 is 4.74 Å². The molecule has 0 amide bonds. The normalized spacial score (nSPS) is 10.9. The number of nitrogens with one attached hydrogen (secondary N) is 1. The molecule has 0 saturated heterocycles. The van der Waals surface area contributed by atoms with E-state index in [2.05, 4.69) is 15.3 Å². The van der Waals surface area contributed by atoms with Crippen LogP contribution < -0.4 is 11.1 Å². The lowest BCUT2D eigenvalue weighted by atomic mass is 10.2. The zero-order chi connectivity index (χ0) is 15.1. The Morgan fingerprint density at radius 1 is 1.32 bits per heavy atom. The smallest absolute Gasteiger partial charge is 0.193 e. The van der Waals surface area contributed by atoms with Crippen LogP contribution in [0.15, 0.2) is 47.7 Å². The lowest BCUT2D eigenvalue weighted by Gasteiger charge is -2.10. The van der Waals surface area contributed by atoms with Crippen molar-refractivity contribution in [3.8, 4) is 0 Å². The highest BCUT2D eigenvalue weighted by atomic mass is 127. The van der Waals surface area contributed by atoms with Crippen LogP contribution in [0.25, 0.3) is 0 Å². The predicted molar refractivity (Wildman–Crippen MR) is 100 cm³/mol. The largest absolute Gasteiger partial charge is 0.380 e. The van der Waals surface area contributed by atoms with E-state index in [0.29, 0.717) is 19.1 Å². The number of pyridine rings is 1. The van der Waals surface area contributed by atoms with E-state index in [-0.39, 0.29) is 24.0 Å². The van der Waals surface area contributed by atoms with E-state index in [1.165, 1.54) is 0 Å². The first-order chi connectivity index (χ1) is 10.2. The van der Waals surface area contributed by atoms with Gasteiger partial charge in [-0.25, -0.2) is 4.99 Å². The Morgan fingerprint density at radius 3 is 2.82 bits per heavy atom. The van der Waals surface area contributed by atoms with Crippen LogP contribution >= 0.6 is 24.0 Å². The van der Waals surface area contributed by atoms with Crippen molar-refractivity contribution in [2.24, 2.45) is 10.7 Å². The summed E-state index contributed by atoms with van der Waals surface area (Å²) in [6.45, 7) is 3.03. The maximum atomic E-state index is 5.93. The number of hydrogen-bond acceptors (Lipinski definition) is 3. The summed E-state index contributed by atoms with van der Waals surface area (Å²) in [7, 11) is 1.67. The molecule has 1 heterocycles. The summed E-state index contributed by atoms with van der Waals surface area (Å²) >= 11 is 0. The van der Waals surface area contributed by atoms with Gasteiger partial charge in [-0.15, -0.1) is 24.0 Å². The molecule has 5 nitrogen and oxygen atoms in total. The number of benzene rings is 1. The molecule has 22 heavy (non-hydrogen) atoms. The summed E-state index contributed by atoms with van der Waals surface area (Å²) in [4.78, 5) is 8.47. The Morgan fingerprint density at radius 2 is 2.09 bits per heavy atom. The molecule has 3 N–H and O–H groups in total. The lowest BCUT2D eigenvalue weighted by Crippen LogP contribution is -2.23. The third kappa shape index (κ3) is 5.61. The fourth-order valence-electron chi connectivity index (χ4n) is 1.98. The predicted octanol–water partition coefficient (Wildman–Crippen LogP) is 3.08. The van der Waals surface area contributed by atoms with Crippen molar-refractivity contribution in [2.75, 3.05) is 12.4 Å². The van der Waals surface area contributed by atoms with Crippen LogP contribution in [0.5, 0.6) is 0 Å². The van der Waals surface area contributed by atoms with E-state index in [4.69, 9.17) is 10.5 Å². The van der Waals surface area contributed by atoms with E-state index in [9.17, 15) is 0 Å². The number of para-hydroxylation sites is 1. The zero-order valence-corrected chi connectivity index (χ0v) is 15.1. The number of guanidine groups is 1. The monoisotopic (exact) mass is 412 g/mol. The first-order valence-corrected chi connectivity index (χ1v) is 6.73. The summed E-state index contributed by atoms with van der Waals surface area (Å²) in [6.07, 6.45) is 3.61. The number of methoxy groups -OCH3 is 1. The average Bonchev–Trinajstić information content (AvgIpc) is 2.48. The molecule has 1 aromatic carbocycles. The first-order valence-electron chi connectivity index (χ1n) is 6.73. The molecule has 2 rings (SSSR count). The van der Waals surface area contributed by atoms with Gasteiger partial charge >= 0.3 is 0 Å². The van der Waals surface area contributed by atoms with Gasteiger partial charge in [0.25, 0.3) is 0 Å². The van der Waals surface area contributed by atoms with Gasteiger partial charge in [0.05, 0.1) is 13.2 Å². The van der Waals surface area contributed by atoms with E-state index >= 15 is 0 Å². The number of nitrogens with two attached hydrogens (primary N) is 1. The van der Waals surface area contributed by atoms with Crippen molar-refractivity contribution in [3.63, 3.8) is 0 Å². The highest BCUT2D eigenvalue weighted by Gasteiger charge is 2.02. The van der Waals surface area contributed by atoms with Crippen LogP contribution in [-0.4, -0.2) is 18.1 Å². The molecule has 0 saturated carbocycles. The Bertz CT molecular complexity index is 631. The number of aliphatic imine (C=N–C) groups is 1. The molecule has 6 heteroatoms. The van der Waals surface area contributed by atoms with Crippen molar-refractivity contribution >= 4 is 35.6 Å². The Balaban J connectivity index is 0.00000242. The molecule has 0 radical (unpaired) electrons. The minimum Gasteiger partial charge on any atom is -0.380 e. The number of aromatic nitrogens is 1. The summed E-state index contributed by atoms with van der Waals surface area (Å²) < 4.78 is 5.16. The van der Waals surface area contributed by atoms with Gasteiger partial charge < -0.3 is 15.8 Å². The minimum absolute atomic E-state index is 0. The Hall–Kier alpha value is -1.67. The molecule has 0 fully saturated rings. The maximum Gasteiger partial charge on any atom is 0.193 e. The van der Waals surface area contributed by atoms with Crippen LogP contribution in [-0.2, 0) is 17.9 Å². The second-order valence-corrected chi connectivity index (χ2v) is 4.79. The standard InChI is InChI=1S/C16H20N4O.HI/c1-12-7-13(9-18-8-12)10-19-16(17)20-15-6-4-3-5-14(15)11-21-2;/h3-9H,10-11H2,1-2H3,(H3,17,19,20);1H. The van der Waals surface area contributed by atoms with Gasteiger partial charge in [-0.05, 0) is 24.1 Å². The van der Waals surface area contributed by atoms with Crippen LogP contribution in [0.3, 0.4) is 0 Å². The van der Waals surface area contributed by atoms with Crippen LogP contribution in [0.4, 0.5) is 5.69 Å².